The van der Waals surface area contributed by atoms with Crippen molar-refractivity contribution in [1.29, 1.82) is 0 Å². The van der Waals surface area contributed by atoms with Crippen molar-refractivity contribution in [2.45, 2.75) is 19.4 Å². The van der Waals surface area contributed by atoms with Crippen molar-refractivity contribution < 1.29 is 0 Å². The van der Waals surface area contributed by atoms with Gasteiger partial charge in [0.2, 0.25) is 0 Å². The Bertz CT molecular complexity index is 468. The Balaban J connectivity index is 2.47. The van der Waals surface area contributed by atoms with Crippen molar-refractivity contribution in [1.82, 2.24) is 9.55 Å². The summed E-state index contributed by atoms with van der Waals surface area (Å²) < 4.78 is 1.41. The van der Waals surface area contributed by atoms with Gasteiger partial charge in [-0.05, 0) is 18.4 Å². The number of unbranched alkanes of at least 4 members (excludes halogenated alkanes) is 1. The zero-order chi connectivity index (χ0) is 11.1. The van der Waals surface area contributed by atoms with Crippen LogP contribution in [0.1, 0.15) is 12.8 Å². The third kappa shape index (κ3) is 3.70. The highest BCUT2D eigenvalue weighted by atomic mass is 16.2. The van der Waals surface area contributed by atoms with E-state index in [9.17, 15) is 9.59 Å². The molecule has 1 N–H and O–H groups in total. The van der Waals surface area contributed by atoms with Crippen LogP contribution in [0.5, 0.6) is 0 Å². The van der Waals surface area contributed by atoms with E-state index in [2.05, 4.69) is 15.0 Å². The number of aryl methyl sites for hydroxylation is 1. The number of nitrogens with one attached hydrogen (secondary N) is 1. The molecule has 0 spiro atoms. The first-order chi connectivity index (χ1) is 7.24. The molecule has 0 unspecified atom stereocenters. The molecule has 1 rings (SSSR count). The molecule has 15 heavy (non-hydrogen) atoms. The molecule has 80 valence electrons. The van der Waals surface area contributed by atoms with Crippen LogP contribution in [0.4, 0.5) is 0 Å². The second kappa shape index (κ2) is 5.66. The summed E-state index contributed by atoms with van der Waals surface area (Å²) in [6, 6.07) is 1.30. The largest absolute Gasteiger partial charge is 0.328 e. The fourth-order valence-electron chi connectivity index (χ4n) is 1.13. The summed E-state index contributed by atoms with van der Waals surface area (Å²) >= 11 is 0. The van der Waals surface area contributed by atoms with Crippen molar-refractivity contribution in [2.24, 2.45) is 5.11 Å². The number of azide groups is 1. The first kappa shape index (κ1) is 11.1. The SMILES string of the molecule is [N-]=[N+]=NCCCCn1ccc(=O)[nH]c1=O. The molecule has 0 saturated heterocycles. The molecule has 1 aromatic heterocycles. The maximum atomic E-state index is 11.2. The number of nitrogens with zero attached hydrogens (tertiary/aromatic N) is 4. The van der Waals surface area contributed by atoms with Gasteiger partial charge in [-0.3, -0.25) is 9.78 Å². The second-order valence-corrected chi connectivity index (χ2v) is 2.97. The van der Waals surface area contributed by atoms with E-state index in [1.54, 1.807) is 0 Å². The first-order valence-corrected chi connectivity index (χ1v) is 4.54. The minimum Gasteiger partial charge on any atom is -0.301 e. The standard InChI is InChI=1S/C8H11N5O2/c9-12-10-4-1-2-5-13-6-3-7(14)11-8(13)15/h3,6H,1-2,4-5H2,(H,11,14,15). The van der Waals surface area contributed by atoms with E-state index in [0.717, 1.165) is 12.8 Å². The quantitative estimate of drug-likeness (QED) is 0.332. The van der Waals surface area contributed by atoms with E-state index in [1.165, 1.54) is 16.8 Å². The molecule has 0 aliphatic carbocycles. The van der Waals surface area contributed by atoms with E-state index in [1.807, 2.05) is 0 Å². The lowest BCUT2D eigenvalue weighted by Gasteiger charge is -2.02. The average molecular weight is 209 g/mol. The number of H-pyrrole nitrogens is 1. The number of aromatic amines is 1. The number of hydrogen-bond donors (Lipinski definition) is 1. The van der Waals surface area contributed by atoms with Gasteiger partial charge in [0.05, 0.1) is 0 Å². The Kier molecular flexibility index (Phi) is 4.18. The van der Waals surface area contributed by atoms with Crippen molar-refractivity contribution in [3.63, 3.8) is 0 Å². The summed E-state index contributed by atoms with van der Waals surface area (Å²) in [7, 11) is 0. The van der Waals surface area contributed by atoms with Crippen molar-refractivity contribution in [3.05, 3.63) is 43.5 Å². The summed E-state index contributed by atoms with van der Waals surface area (Å²) in [5, 5.41) is 3.37. The summed E-state index contributed by atoms with van der Waals surface area (Å²) in [6.07, 6.45) is 2.90. The summed E-state index contributed by atoms with van der Waals surface area (Å²) in [6.45, 7) is 0.936. The van der Waals surface area contributed by atoms with E-state index >= 15 is 0 Å². The minimum atomic E-state index is -0.411. The molecule has 0 aromatic carbocycles. The van der Waals surface area contributed by atoms with Crippen molar-refractivity contribution >= 4 is 0 Å². The van der Waals surface area contributed by atoms with Crippen molar-refractivity contribution in [2.75, 3.05) is 6.54 Å². The van der Waals surface area contributed by atoms with Gasteiger partial charge in [0.25, 0.3) is 5.56 Å². The van der Waals surface area contributed by atoms with E-state index in [0.29, 0.717) is 13.1 Å². The zero-order valence-corrected chi connectivity index (χ0v) is 8.09. The molecule has 0 aliphatic heterocycles. The van der Waals surface area contributed by atoms with Gasteiger partial charge >= 0.3 is 5.69 Å². The van der Waals surface area contributed by atoms with Gasteiger partial charge in [0.1, 0.15) is 0 Å². The Labute approximate surface area is 85.0 Å². The Morgan fingerprint density at radius 1 is 1.47 bits per heavy atom. The number of aromatic nitrogens is 2. The highest BCUT2D eigenvalue weighted by molar-refractivity contribution is 4.82. The maximum Gasteiger partial charge on any atom is 0.328 e. The Hall–Kier alpha value is -2.01. The molecular weight excluding hydrogens is 198 g/mol. The highest BCUT2D eigenvalue weighted by Crippen LogP contribution is 1.92. The van der Waals surface area contributed by atoms with Crippen molar-refractivity contribution in [3.8, 4) is 0 Å². The number of rotatable bonds is 5. The lowest BCUT2D eigenvalue weighted by atomic mass is 10.3. The van der Waals surface area contributed by atoms with Crippen LogP contribution in [0, 0.1) is 0 Å². The van der Waals surface area contributed by atoms with Crippen LogP contribution in [0.3, 0.4) is 0 Å². The molecule has 0 bridgehead atoms. The third-order valence-corrected chi connectivity index (χ3v) is 1.87. The molecule has 0 saturated carbocycles. The smallest absolute Gasteiger partial charge is 0.301 e. The fourth-order valence-corrected chi connectivity index (χ4v) is 1.13. The molecule has 1 heterocycles. The van der Waals surface area contributed by atoms with Crippen LogP contribution >= 0.6 is 0 Å². The second-order valence-electron chi connectivity index (χ2n) is 2.97. The monoisotopic (exact) mass is 209 g/mol. The zero-order valence-electron chi connectivity index (χ0n) is 8.09. The molecule has 0 amide bonds. The van der Waals surface area contributed by atoms with Gasteiger partial charge in [-0.2, -0.15) is 0 Å². The minimum absolute atomic E-state index is 0.398. The molecule has 0 atom stereocenters. The first-order valence-electron chi connectivity index (χ1n) is 4.54. The summed E-state index contributed by atoms with van der Waals surface area (Å²) in [4.78, 5) is 26.7. The Morgan fingerprint density at radius 3 is 2.93 bits per heavy atom. The molecule has 7 heteroatoms. The molecule has 0 aliphatic rings. The van der Waals surface area contributed by atoms with Crippen LogP contribution in [0.15, 0.2) is 27.0 Å². The predicted octanol–water partition coefficient (Wildman–Crippen LogP) is 0.627. The van der Waals surface area contributed by atoms with E-state index < -0.39 is 11.2 Å². The van der Waals surface area contributed by atoms with Gasteiger partial charge in [-0.25, -0.2) is 4.79 Å². The molecule has 7 nitrogen and oxygen atoms in total. The molecule has 1 aromatic rings. The lowest BCUT2D eigenvalue weighted by Crippen LogP contribution is -2.28. The van der Waals surface area contributed by atoms with Gasteiger partial charge in [0.15, 0.2) is 0 Å². The van der Waals surface area contributed by atoms with Crippen LogP contribution in [0.25, 0.3) is 10.4 Å². The molecular formula is C8H11N5O2. The van der Waals surface area contributed by atoms with Gasteiger partial charge in [-0.1, -0.05) is 5.11 Å². The fraction of sp³-hybridized carbons (Fsp3) is 0.500. The maximum absolute atomic E-state index is 11.2. The molecule has 0 radical (unpaired) electrons. The predicted molar refractivity (Wildman–Crippen MR) is 54.6 cm³/mol. The van der Waals surface area contributed by atoms with Gasteiger partial charge < -0.3 is 4.57 Å². The Morgan fingerprint density at radius 2 is 2.27 bits per heavy atom. The third-order valence-electron chi connectivity index (χ3n) is 1.87. The van der Waals surface area contributed by atoms with Crippen LogP contribution in [0.2, 0.25) is 0 Å². The average Bonchev–Trinajstić information content (AvgIpc) is 2.20. The lowest BCUT2D eigenvalue weighted by molar-refractivity contribution is 0.584. The van der Waals surface area contributed by atoms with Crippen LogP contribution < -0.4 is 11.2 Å². The normalized spacial score (nSPS) is 9.60. The van der Waals surface area contributed by atoms with Crippen LogP contribution in [-0.2, 0) is 6.54 Å². The summed E-state index contributed by atoms with van der Waals surface area (Å²) in [5.74, 6) is 0. The van der Waals surface area contributed by atoms with Gasteiger partial charge in [0, 0.05) is 30.3 Å². The summed E-state index contributed by atoms with van der Waals surface area (Å²) in [5.41, 5.74) is 7.21. The van der Waals surface area contributed by atoms with Crippen LogP contribution in [-0.4, -0.2) is 16.1 Å². The van der Waals surface area contributed by atoms with E-state index in [4.69, 9.17) is 5.53 Å². The number of hydrogen-bond acceptors (Lipinski definition) is 3. The molecule has 0 fully saturated rings. The van der Waals surface area contributed by atoms with E-state index in [-0.39, 0.29) is 0 Å². The van der Waals surface area contributed by atoms with Gasteiger partial charge in [-0.15, -0.1) is 0 Å². The topological polar surface area (TPSA) is 104 Å². The highest BCUT2D eigenvalue weighted by Gasteiger charge is 1.95.